The summed E-state index contributed by atoms with van der Waals surface area (Å²) in [5.74, 6) is 0.516. The minimum atomic E-state index is -0.743. The van der Waals surface area contributed by atoms with Gasteiger partial charge in [-0.05, 0) is 67.6 Å². The fourth-order valence-electron chi connectivity index (χ4n) is 7.02. The number of amides is 3. The van der Waals surface area contributed by atoms with Crippen molar-refractivity contribution < 1.29 is 19.2 Å². The van der Waals surface area contributed by atoms with Gasteiger partial charge in [0.15, 0.2) is 5.78 Å². The van der Waals surface area contributed by atoms with Crippen LogP contribution in [0.2, 0.25) is 10.0 Å². The Morgan fingerprint density at radius 3 is 2.65 bits per heavy atom. The summed E-state index contributed by atoms with van der Waals surface area (Å²) in [6.07, 6.45) is 3.28. The number of rotatable bonds is 7. The number of hydrogen-bond donors (Lipinski definition) is 3. The average molecular weight is 545 g/mol. The minimum absolute atomic E-state index is 0.0715. The summed E-state index contributed by atoms with van der Waals surface area (Å²) < 4.78 is 0. The largest absolute Gasteiger partial charge is 0.356 e. The van der Waals surface area contributed by atoms with Crippen LogP contribution >= 0.6 is 23.2 Å². The molecule has 3 N–H and O–H groups in total. The molecule has 0 radical (unpaired) electrons. The van der Waals surface area contributed by atoms with Crippen molar-refractivity contribution in [3.8, 4) is 0 Å². The van der Waals surface area contributed by atoms with Gasteiger partial charge < -0.3 is 20.5 Å². The molecule has 3 heterocycles. The van der Waals surface area contributed by atoms with Crippen LogP contribution in [0.25, 0.3) is 10.9 Å². The molecule has 4 aliphatic rings. The Balaban J connectivity index is 1.27. The third-order valence-corrected chi connectivity index (χ3v) is 9.48. The zero-order valence-electron chi connectivity index (χ0n) is 20.6. The maximum absolute atomic E-state index is 13.8. The SMILES string of the molecule is CCC(=O)[C@H](C[C@@H]1CCNC1=O)NC(=O)[C@@H]1[C@H]2C[C@@H]3C[C@@H]3[C@H]2CN1C(=O)c1cc2c(Cl)cc(Cl)cc2[nH]1. The van der Waals surface area contributed by atoms with Crippen LogP contribution in [0.4, 0.5) is 0 Å². The van der Waals surface area contributed by atoms with Crippen LogP contribution in [0, 0.1) is 29.6 Å². The van der Waals surface area contributed by atoms with Crippen molar-refractivity contribution in [1.29, 1.82) is 0 Å². The van der Waals surface area contributed by atoms with E-state index in [4.69, 9.17) is 23.2 Å². The third kappa shape index (κ3) is 4.32. The van der Waals surface area contributed by atoms with Crippen molar-refractivity contribution in [1.82, 2.24) is 20.5 Å². The number of H-pyrrole nitrogens is 1. The Morgan fingerprint density at radius 1 is 1.14 bits per heavy atom. The summed E-state index contributed by atoms with van der Waals surface area (Å²) in [6.45, 7) is 2.86. The average Bonchev–Trinajstić information content (AvgIpc) is 3.22. The molecule has 2 saturated carbocycles. The van der Waals surface area contributed by atoms with Crippen LogP contribution in [0.3, 0.4) is 0 Å². The molecule has 2 aromatic rings. The second kappa shape index (κ2) is 9.31. The standard InChI is InChI=1S/C27H30Cl2N4O4/c1-2-23(34)21(7-12-3-4-30-25(12)35)32-26(36)24-16-6-13-5-15(13)18(16)11-33(24)27(37)22-10-17-19(29)8-14(28)9-20(17)31-22/h8-10,12-13,15-16,18,21,24,31H,2-7,11H2,1H3,(H,30,35)(H,32,36)/t12-,13-,15-,16-,18+,21-,24-/m0/s1. The first-order valence-corrected chi connectivity index (χ1v) is 13.9. The van der Waals surface area contributed by atoms with Gasteiger partial charge in [0.05, 0.1) is 11.1 Å². The number of fused-ring (bicyclic) bond motifs is 4. The van der Waals surface area contributed by atoms with E-state index < -0.39 is 12.1 Å². The van der Waals surface area contributed by atoms with Gasteiger partial charge in [0.1, 0.15) is 11.7 Å². The molecule has 10 heteroatoms. The predicted molar refractivity (Wildman–Crippen MR) is 139 cm³/mol. The molecule has 2 aliphatic carbocycles. The Morgan fingerprint density at radius 2 is 1.92 bits per heavy atom. The van der Waals surface area contributed by atoms with Gasteiger partial charge in [-0.1, -0.05) is 30.1 Å². The van der Waals surface area contributed by atoms with Crippen molar-refractivity contribution in [3.05, 3.63) is 33.9 Å². The molecule has 0 spiro atoms. The van der Waals surface area contributed by atoms with Crippen LogP contribution in [0.15, 0.2) is 18.2 Å². The van der Waals surface area contributed by atoms with Crippen molar-refractivity contribution >= 4 is 57.6 Å². The second-order valence-electron chi connectivity index (χ2n) is 11.1. The highest BCUT2D eigenvalue weighted by Gasteiger charge is 2.62. The predicted octanol–water partition coefficient (Wildman–Crippen LogP) is 3.56. The summed E-state index contributed by atoms with van der Waals surface area (Å²) in [5.41, 5.74) is 1.01. The van der Waals surface area contributed by atoms with Crippen LogP contribution < -0.4 is 10.6 Å². The highest BCUT2D eigenvalue weighted by molar-refractivity contribution is 6.38. The number of hydrogen-bond acceptors (Lipinski definition) is 4. The molecular formula is C27H30Cl2N4O4. The summed E-state index contributed by atoms with van der Waals surface area (Å²) in [4.78, 5) is 57.4. The van der Waals surface area contributed by atoms with Gasteiger partial charge in [0.25, 0.3) is 5.91 Å². The summed E-state index contributed by atoms with van der Waals surface area (Å²) in [7, 11) is 0. The molecule has 2 saturated heterocycles. The fourth-order valence-corrected chi connectivity index (χ4v) is 7.57. The molecule has 3 amide bonds. The van der Waals surface area contributed by atoms with Gasteiger partial charge in [-0.3, -0.25) is 19.2 Å². The number of aromatic amines is 1. The lowest BCUT2D eigenvalue weighted by Crippen LogP contribution is -2.53. The highest BCUT2D eigenvalue weighted by Crippen LogP contribution is 2.62. The molecule has 37 heavy (non-hydrogen) atoms. The highest BCUT2D eigenvalue weighted by atomic mass is 35.5. The molecular weight excluding hydrogens is 515 g/mol. The van der Waals surface area contributed by atoms with E-state index in [2.05, 4.69) is 15.6 Å². The van der Waals surface area contributed by atoms with E-state index in [0.29, 0.717) is 58.0 Å². The van der Waals surface area contributed by atoms with E-state index in [1.807, 2.05) is 0 Å². The van der Waals surface area contributed by atoms with Crippen LogP contribution in [-0.2, 0) is 14.4 Å². The molecule has 1 aromatic carbocycles. The van der Waals surface area contributed by atoms with Crippen molar-refractivity contribution in [3.63, 3.8) is 0 Å². The first-order valence-electron chi connectivity index (χ1n) is 13.1. The van der Waals surface area contributed by atoms with Gasteiger partial charge in [0.2, 0.25) is 11.8 Å². The Hall–Kier alpha value is -2.58. The minimum Gasteiger partial charge on any atom is -0.356 e. The van der Waals surface area contributed by atoms with Crippen LogP contribution in [-0.4, -0.2) is 58.6 Å². The van der Waals surface area contributed by atoms with E-state index in [1.54, 1.807) is 30.0 Å². The summed E-state index contributed by atoms with van der Waals surface area (Å²) in [5, 5.41) is 7.38. The Kier molecular flexibility index (Phi) is 6.23. The molecule has 6 rings (SSSR count). The van der Waals surface area contributed by atoms with Crippen molar-refractivity contribution in [2.24, 2.45) is 29.6 Å². The molecule has 0 unspecified atom stereocenters. The van der Waals surface area contributed by atoms with Gasteiger partial charge in [0, 0.05) is 41.4 Å². The quantitative estimate of drug-likeness (QED) is 0.494. The number of carbonyl (C=O) groups excluding carboxylic acids is 4. The lowest BCUT2D eigenvalue weighted by molar-refractivity contribution is -0.132. The molecule has 4 fully saturated rings. The lowest BCUT2D eigenvalue weighted by atomic mass is 9.88. The number of nitrogens with zero attached hydrogens (tertiary/aromatic N) is 1. The molecule has 196 valence electrons. The number of benzene rings is 1. The zero-order valence-corrected chi connectivity index (χ0v) is 22.1. The van der Waals surface area contributed by atoms with Gasteiger partial charge in [-0.15, -0.1) is 0 Å². The first kappa shape index (κ1) is 24.7. The number of aromatic nitrogens is 1. The number of halogens is 2. The first-order chi connectivity index (χ1) is 17.7. The van der Waals surface area contributed by atoms with Crippen LogP contribution in [0.5, 0.6) is 0 Å². The lowest BCUT2D eigenvalue weighted by Gasteiger charge is -2.29. The Bertz CT molecular complexity index is 1310. The van der Waals surface area contributed by atoms with Gasteiger partial charge >= 0.3 is 0 Å². The molecule has 7 atom stereocenters. The molecule has 0 bridgehead atoms. The van der Waals surface area contributed by atoms with E-state index in [0.717, 1.165) is 12.8 Å². The number of nitrogens with one attached hydrogen (secondary N) is 3. The monoisotopic (exact) mass is 544 g/mol. The van der Waals surface area contributed by atoms with Crippen LogP contribution in [0.1, 0.15) is 49.5 Å². The van der Waals surface area contributed by atoms with Gasteiger partial charge in [-0.25, -0.2) is 0 Å². The topological polar surface area (TPSA) is 111 Å². The normalized spacial score (nSPS) is 30.7. The smallest absolute Gasteiger partial charge is 0.271 e. The molecule has 1 aromatic heterocycles. The number of likely N-dealkylation sites (tertiary alicyclic amines) is 1. The second-order valence-corrected chi connectivity index (χ2v) is 11.9. The maximum atomic E-state index is 13.8. The molecule has 2 aliphatic heterocycles. The van der Waals surface area contributed by atoms with E-state index in [1.165, 1.54) is 0 Å². The van der Waals surface area contributed by atoms with E-state index in [-0.39, 0.29) is 54.1 Å². The fraction of sp³-hybridized carbons (Fsp3) is 0.556. The maximum Gasteiger partial charge on any atom is 0.271 e. The number of ketones is 1. The van der Waals surface area contributed by atoms with Crippen molar-refractivity contribution in [2.45, 2.75) is 51.1 Å². The van der Waals surface area contributed by atoms with E-state index >= 15 is 0 Å². The summed E-state index contributed by atoms with van der Waals surface area (Å²) in [6, 6.07) is 3.67. The summed E-state index contributed by atoms with van der Waals surface area (Å²) >= 11 is 12.5. The third-order valence-electron chi connectivity index (χ3n) is 8.95. The number of Topliss-reactive ketones (excluding diaryl/α,β-unsaturated/α-hetero) is 1. The zero-order chi connectivity index (χ0) is 26.0. The van der Waals surface area contributed by atoms with Gasteiger partial charge in [-0.2, -0.15) is 0 Å². The number of carbonyl (C=O) groups is 4. The Labute approximate surface area is 224 Å². The molecule has 8 nitrogen and oxygen atoms in total. The van der Waals surface area contributed by atoms with E-state index in [9.17, 15) is 19.2 Å². The van der Waals surface area contributed by atoms with Crippen molar-refractivity contribution in [2.75, 3.05) is 13.1 Å².